The van der Waals surface area contributed by atoms with Crippen LogP contribution in [0.3, 0.4) is 0 Å². The van der Waals surface area contributed by atoms with Gasteiger partial charge in [0.05, 0.1) is 19.3 Å². The maximum atomic E-state index is 5.97. The van der Waals surface area contributed by atoms with Crippen LogP contribution in [0.25, 0.3) is 0 Å². The molecular weight excluding hydrogens is 366 g/mol. The lowest BCUT2D eigenvalue weighted by Gasteiger charge is -2.34. The van der Waals surface area contributed by atoms with Crippen LogP contribution in [-0.4, -0.2) is 70.1 Å². The maximum Gasteiger partial charge on any atom is 0.193 e. The Hall–Kier alpha value is -1.63. The van der Waals surface area contributed by atoms with Crippen molar-refractivity contribution in [1.29, 1.82) is 0 Å². The Morgan fingerprint density at radius 2 is 1.97 bits per heavy atom. The smallest absolute Gasteiger partial charge is 0.193 e. The van der Waals surface area contributed by atoms with E-state index in [1.54, 1.807) is 7.11 Å². The fraction of sp³-hybridized carbons (Fsp3) is 0.696. The average molecular weight is 406 g/mol. The molecule has 164 valence electrons. The lowest BCUT2D eigenvalue weighted by Crippen LogP contribution is -2.47. The van der Waals surface area contributed by atoms with Gasteiger partial charge in [-0.2, -0.15) is 0 Å². The topological polar surface area (TPSA) is 55.3 Å². The van der Waals surface area contributed by atoms with Crippen LogP contribution < -0.4 is 5.32 Å². The highest BCUT2D eigenvalue weighted by atomic mass is 16.5. The first-order chi connectivity index (χ1) is 14.2. The lowest BCUT2D eigenvalue weighted by molar-refractivity contribution is 0.00988. The fourth-order valence-corrected chi connectivity index (χ4v) is 3.36. The molecule has 1 aromatic rings. The highest BCUT2D eigenvalue weighted by Crippen LogP contribution is 2.14. The van der Waals surface area contributed by atoms with Crippen molar-refractivity contribution in [3.63, 3.8) is 0 Å². The molecular formula is C23H39N3O3. The van der Waals surface area contributed by atoms with Crippen LogP contribution >= 0.6 is 0 Å². The molecule has 2 rings (SSSR count). The Balaban J connectivity index is 1.70. The molecule has 0 aliphatic carbocycles. The Kier molecular flexibility index (Phi) is 11.7. The molecule has 1 heterocycles. The number of hydrogen-bond donors (Lipinski definition) is 1. The molecule has 1 fully saturated rings. The first-order valence-electron chi connectivity index (χ1n) is 11.0. The molecule has 0 aromatic heterocycles. The lowest BCUT2D eigenvalue weighted by atomic mass is 10.1. The van der Waals surface area contributed by atoms with Crippen LogP contribution in [0.5, 0.6) is 0 Å². The third-order valence-corrected chi connectivity index (χ3v) is 4.99. The minimum absolute atomic E-state index is 0.358. The number of likely N-dealkylation sites (tertiary alicyclic amines) is 1. The van der Waals surface area contributed by atoms with Gasteiger partial charge in [0.25, 0.3) is 0 Å². The monoisotopic (exact) mass is 405 g/mol. The molecule has 1 N–H and O–H groups in total. The van der Waals surface area contributed by atoms with E-state index in [1.807, 2.05) is 18.2 Å². The van der Waals surface area contributed by atoms with E-state index in [2.05, 4.69) is 36.2 Å². The number of nitrogens with one attached hydrogen (secondary N) is 1. The van der Waals surface area contributed by atoms with Gasteiger partial charge in [0.1, 0.15) is 0 Å². The highest BCUT2D eigenvalue weighted by molar-refractivity contribution is 5.80. The number of ether oxygens (including phenoxy) is 3. The third kappa shape index (κ3) is 9.61. The van der Waals surface area contributed by atoms with E-state index in [0.717, 1.165) is 71.2 Å². The molecule has 0 amide bonds. The summed E-state index contributed by atoms with van der Waals surface area (Å²) in [5, 5.41) is 3.44. The first kappa shape index (κ1) is 23.6. The van der Waals surface area contributed by atoms with Crippen molar-refractivity contribution in [2.24, 2.45) is 10.9 Å². The summed E-state index contributed by atoms with van der Waals surface area (Å²) in [4.78, 5) is 7.23. The third-order valence-electron chi connectivity index (χ3n) is 4.99. The molecule has 6 heteroatoms. The summed E-state index contributed by atoms with van der Waals surface area (Å²) >= 11 is 0. The van der Waals surface area contributed by atoms with Crippen molar-refractivity contribution >= 4 is 5.96 Å². The summed E-state index contributed by atoms with van der Waals surface area (Å²) in [5.74, 6) is 1.40. The van der Waals surface area contributed by atoms with Crippen LogP contribution in [0.2, 0.25) is 0 Å². The van der Waals surface area contributed by atoms with Crippen LogP contribution in [0.15, 0.2) is 35.3 Å². The normalized spacial score (nSPS) is 16.8. The van der Waals surface area contributed by atoms with Gasteiger partial charge in [0.15, 0.2) is 5.96 Å². The second-order valence-electron chi connectivity index (χ2n) is 7.70. The first-order valence-corrected chi connectivity index (χ1v) is 11.0. The summed E-state index contributed by atoms with van der Waals surface area (Å²) < 4.78 is 16.9. The van der Waals surface area contributed by atoms with Gasteiger partial charge in [0, 0.05) is 46.5 Å². The van der Waals surface area contributed by atoms with Gasteiger partial charge in [-0.05, 0) is 37.7 Å². The minimum atomic E-state index is 0.358. The van der Waals surface area contributed by atoms with Gasteiger partial charge in [-0.1, -0.05) is 37.3 Å². The van der Waals surface area contributed by atoms with Gasteiger partial charge in [-0.3, -0.25) is 4.99 Å². The molecule has 29 heavy (non-hydrogen) atoms. The van der Waals surface area contributed by atoms with Crippen molar-refractivity contribution in [2.75, 3.05) is 53.1 Å². The van der Waals surface area contributed by atoms with Crippen molar-refractivity contribution in [3.05, 3.63) is 35.9 Å². The Morgan fingerprint density at radius 1 is 1.21 bits per heavy atom. The molecule has 1 saturated heterocycles. The van der Waals surface area contributed by atoms with E-state index in [0.29, 0.717) is 18.6 Å². The molecule has 1 aliphatic heterocycles. The van der Waals surface area contributed by atoms with E-state index in [1.165, 1.54) is 5.56 Å². The van der Waals surface area contributed by atoms with Gasteiger partial charge in [0.2, 0.25) is 0 Å². The molecule has 0 radical (unpaired) electrons. The summed E-state index contributed by atoms with van der Waals surface area (Å²) in [6.07, 6.45) is 3.42. The van der Waals surface area contributed by atoms with Crippen LogP contribution in [-0.2, 0) is 20.8 Å². The van der Waals surface area contributed by atoms with Crippen molar-refractivity contribution < 1.29 is 14.2 Å². The molecule has 1 atom stereocenters. The summed E-state index contributed by atoms with van der Waals surface area (Å²) in [5.41, 5.74) is 1.21. The predicted octanol–water partition coefficient (Wildman–Crippen LogP) is 3.32. The Bertz CT molecular complexity index is 560. The van der Waals surface area contributed by atoms with Crippen LogP contribution in [0.4, 0.5) is 0 Å². The average Bonchev–Trinajstić information content (AvgIpc) is 2.75. The second-order valence-corrected chi connectivity index (χ2v) is 7.70. The molecule has 1 unspecified atom stereocenters. The molecule has 1 aliphatic rings. The zero-order chi connectivity index (χ0) is 20.7. The van der Waals surface area contributed by atoms with Crippen LogP contribution in [0, 0.1) is 5.92 Å². The molecule has 1 aromatic carbocycles. The van der Waals surface area contributed by atoms with Crippen molar-refractivity contribution in [1.82, 2.24) is 10.2 Å². The number of rotatable bonds is 12. The Morgan fingerprint density at radius 3 is 2.66 bits per heavy atom. The van der Waals surface area contributed by atoms with Crippen molar-refractivity contribution in [2.45, 2.75) is 45.8 Å². The van der Waals surface area contributed by atoms with E-state index in [-0.39, 0.29) is 0 Å². The van der Waals surface area contributed by atoms with Crippen LogP contribution in [0.1, 0.15) is 38.7 Å². The molecule has 0 spiro atoms. The highest BCUT2D eigenvalue weighted by Gasteiger charge is 2.22. The largest absolute Gasteiger partial charge is 0.385 e. The number of methoxy groups -OCH3 is 1. The van der Waals surface area contributed by atoms with Gasteiger partial charge in [-0.25, -0.2) is 0 Å². The molecule has 0 saturated carbocycles. The fourth-order valence-electron chi connectivity index (χ4n) is 3.36. The summed E-state index contributed by atoms with van der Waals surface area (Å²) in [7, 11) is 1.73. The van der Waals surface area contributed by atoms with Crippen molar-refractivity contribution in [3.8, 4) is 0 Å². The zero-order valence-corrected chi connectivity index (χ0v) is 18.4. The maximum absolute atomic E-state index is 5.97. The number of piperidine rings is 1. The summed E-state index contributed by atoms with van der Waals surface area (Å²) in [6, 6.07) is 10.3. The number of guanidine groups is 1. The Labute approximate surface area is 176 Å². The quantitative estimate of drug-likeness (QED) is 0.328. The van der Waals surface area contributed by atoms with Gasteiger partial charge < -0.3 is 24.4 Å². The SMILES string of the molecule is CCNC(=NCC(C)COCc1ccccc1)N1CCC(OCCCOC)CC1. The number of aliphatic imine (C=N–C) groups is 1. The number of benzene rings is 1. The van der Waals surface area contributed by atoms with Gasteiger partial charge >= 0.3 is 0 Å². The summed E-state index contributed by atoms with van der Waals surface area (Å²) in [6.45, 7) is 10.9. The number of hydrogen-bond acceptors (Lipinski definition) is 4. The van der Waals surface area contributed by atoms with Gasteiger partial charge in [-0.15, -0.1) is 0 Å². The number of nitrogens with zero attached hydrogens (tertiary/aromatic N) is 2. The van der Waals surface area contributed by atoms with E-state index in [4.69, 9.17) is 19.2 Å². The minimum Gasteiger partial charge on any atom is -0.385 e. The predicted molar refractivity (Wildman–Crippen MR) is 118 cm³/mol. The molecule has 6 nitrogen and oxygen atoms in total. The molecule has 0 bridgehead atoms. The van der Waals surface area contributed by atoms with E-state index >= 15 is 0 Å². The standard InChI is InChI=1S/C23H39N3O3/c1-4-24-23(26-13-11-22(12-14-26)29-16-8-15-27-3)25-17-20(2)18-28-19-21-9-6-5-7-10-21/h5-7,9-10,20,22H,4,8,11-19H2,1-3H3,(H,24,25). The van der Waals surface area contributed by atoms with E-state index < -0.39 is 0 Å². The zero-order valence-electron chi connectivity index (χ0n) is 18.4. The van der Waals surface area contributed by atoms with E-state index in [9.17, 15) is 0 Å². The second kappa shape index (κ2) is 14.4.